The van der Waals surface area contributed by atoms with Crippen LogP contribution in [-0.2, 0) is 6.42 Å². The number of aliphatic hydroxyl groups is 1. The maximum atomic E-state index is 10.9. The zero-order valence-electron chi connectivity index (χ0n) is 11.4. The topological polar surface area (TPSA) is 32.3 Å². The van der Waals surface area contributed by atoms with Gasteiger partial charge in [-0.05, 0) is 50.7 Å². The molecule has 1 aromatic rings. The SMILES string of the molecule is Cc1ccc(C)c(CC2(O)CC3CCC(C2)N3)c1. The molecule has 2 unspecified atom stereocenters. The Labute approximate surface area is 109 Å². The second kappa shape index (κ2) is 4.36. The van der Waals surface area contributed by atoms with E-state index in [1.54, 1.807) is 0 Å². The summed E-state index contributed by atoms with van der Waals surface area (Å²) in [5.74, 6) is 0. The molecule has 2 atom stereocenters. The van der Waals surface area contributed by atoms with Gasteiger partial charge in [0.1, 0.15) is 0 Å². The van der Waals surface area contributed by atoms with Crippen LogP contribution in [0, 0.1) is 13.8 Å². The summed E-state index contributed by atoms with van der Waals surface area (Å²) in [6.07, 6.45) is 5.11. The molecule has 98 valence electrons. The van der Waals surface area contributed by atoms with E-state index in [1.807, 2.05) is 0 Å². The van der Waals surface area contributed by atoms with Crippen molar-refractivity contribution in [1.82, 2.24) is 5.32 Å². The van der Waals surface area contributed by atoms with Crippen molar-refractivity contribution in [2.75, 3.05) is 0 Å². The third kappa shape index (κ3) is 2.32. The van der Waals surface area contributed by atoms with E-state index >= 15 is 0 Å². The maximum absolute atomic E-state index is 10.9. The number of aryl methyl sites for hydroxylation is 2. The molecule has 2 heteroatoms. The number of benzene rings is 1. The van der Waals surface area contributed by atoms with Gasteiger partial charge in [-0.1, -0.05) is 23.8 Å². The van der Waals surface area contributed by atoms with Crippen molar-refractivity contribution in [2.24, 2.45) is 0 Å². The third-order valence-corrected chi connectivity index (χ3v) is 4.61. The lowest BCUT2D eigenvalue weighted by Crippen LogP contribution is -2.49. The Bertz CT molecular complexity index is 442. The Kier molecular flexibility index (Phi) is 2.95. The third-order valence-electron chi connectivity index (χ3n) is 4.61. The first-order valence-corrected chi connectivity index (χ1v) is 7.09. The van der Waals surface area contributed by atoms with Crippen molar-refractivity contribution in [3.63, 3.8) is 0 Å². The molecule has 2 fully saturated rings. The molecular formula is C16H23NO. The smallest absolute Gasteiger partial charge is 0.0717 e. The van der Waals surface area contributed by atoms with Crippen LogP contribution in [0.15, 0.2) is 18.2 Å². The van der Waals surface area contributed by atoms with Gasteiger partial charge in [-0.2, -0.15) is 0 Å². The Morgan fingerprint density at radius 2 is 1.89 bits per heavy atom. The van der Waals surface area contributed by atoms with Crippen molar-refractivity contribution in [3.05, 3.63) is 34.9 Å². The Morgan fingerprint density at radius 3 is 2.56 bits per heavy atom. The summed E-state index contributed by atoms with van der Waals surface area (Å²) >= 11 is 0. The average Bonchev–Trinajstić information content (AvgIpc) is 2.64. The molecule has 0 radical (unpaired) electrons. The van der Waals surface area contributed by atoms with Crippen LogP contribution in [0.3, 0.4) is 0 Å². The van der Waals surface area contributed by atoms with E-state index in [0.717, 1.165) is 19.3 Å². The first kappa shape index (κ1) is 12.2. The minimum absolute atomic E-state index is 0.490. The molecular weight excluding hydrogens is 222 g/mol. The molecule has 2 bridgehead atoms. The zero-order chi connectivity index (χ0) is 12.8. The van der Waals surface area contributed by atoms with E-state index in [4.69, 9.17) is 0 Å². The summed E-state index contributed by atoms with van der Waals surface area (Å²) in [7, 11) is 0. The van der Waals surface area contributed by atoms with Gasteiger partial charge in [0.25, 0.3) is 0 Å². The predicted molar refractivity (Wildman–Crippen MR) is 73.7 cm³/mol. The molecule has 2 nitrogen and oxygen atoms in total. The summed E-state index contributed by atoms with van der Waals surface area (Å²) < 4.78 is 0. The molecule has 2 aliphatic rings. The number of fused-ring (bicyclic) bond motifs is 2. The first-order chi connectivity index (χ1) is 8.54. The van der Waals surface area contributed by atoms with E-state index in [0.29, 0.717) is 12.1 Å². The van der Waals surface area contributed by atoms with E-state index in [9.17, 15) is 5.11 Å². The van der Waals surface area contributed by atoms with Crippen molar-refractivity contribution >= 4 is 0 Å². The average molecular weight is 245 g/mol. The first-order valence-electron chi connectivity index (χ1n) is 7.09. The lowest BCUT2D eigenvalue weighted by Gasteiger charge is -2.37. The van der Waals surface area contributed by atoms with Gasteiger partial charge in [-0.15, -0.1) is 0 Å². The van der Waals surface area contributed by atoms with Gasteiger partial charge >= 0.3 is 0 Å². The standard InChI is InChI=1S/C16H23NO/c1-11-3-4-12(2)13(7-11)8-16(18)9-14-5-6-15(10-16)17-14/h3-4,7,14-15,17-18H,5-6,8-10H2,1-2H3. The van der Waals surface area contributed by atoms with Crippen molar-refractivity contribution in [2.45, 2.75) is 63.6 Å². The van der Waals surface area contributed by atoms with Crippen LogP contribution >= 0.6 is 0 Å². The summed E-state index contributed by atoms with van der Waals surface area (Å²) in [5.41, 5.74) is 3.42. The second-order valence-corrected chi connectivity index (χ2v) is 6.38. The van der Waals surface area contributed by atoms with Crippen LogP contribution in [0.5, 0.6) is 0 Å². The van der Waals surface area contributed by atoms with Gasteiger partial charge in [-0.3, -0.25) is 0 Å². The maximum Gasteiger partial charge on any atom is 0.0717 e. The molecule has 2 saturated heterocycles. The second-order valence-electron chi connectivity index (χ2n) is 6.38. The number of hydrogen-bond donors (Lipinski definition) is 2. The summed E-state index contributed by atoms with van der Waals surface area (Å²) in [5, 5.41) is 14.5. The summed E-state index contributed by atoms with van der Waals surface area (Å²) in [6.45, 7) is 4.27. The van der Waals surface area contributed by atoms with Gasteiger partial charge < -0.3 is 10.4 Å². The Morgan fingerprint density at radius 1 is 1.22 bits per heavy atom. The molecule has 2 aliphatic heterocycles. The highest BCUT2D eigenvalue weighted by Gasteiger charge is 2.42. The zero-order valence-corrected chi connectivity index (χ0v) is 11.4. The van der Waals surface area contributed by atoms with Crippen LogP contribution in [0.2, 0.25) is 0 Å². The quantitative estimate of drug-likeness (QED) is 0.839. The Hall–Kier alpha value is -0.860. The number of rotatable bonds is 2. The lowest BCUT2D eigenvalue weighted by molar-refractivity contribution is -0.00621. The van der Waals surface area contributed by atoms with Gasteiger partial charge in [0, 0.05) is 18.5 Å². The van der Waals surface area contributed by atoms with E-state index in [-0.39, 0.29) is 0 Å². The molecule has 0 amide bonds. The number of nitrogens with one attached hydrogen (secondary N) is 1. The van der Waals surface area contributed by atoms with E-state index < -0.39 is 5.60 Å². The fourth-order valence-corrected chi connectivity index (χ4v) is 3.71. The summed E-state index contributed by atoms with van der Waals surface area (Å²) in [4.78, 5) is 0. The minimum atomic E-state index is -0.490. The molecule has 3 rings (SSSR count). The fourth-order valence-electron chi connectivity index (χ4n) is 3.71. The van der Waals surface area contributed by atoms with E-state index in [1.165, 1.54) is 29.5 Å². The van der Waals surface area contributed by atoms with Gasteiger partial charge in [0.2, 0.25) is 0 Å². The normalized spacial score (nSPS) is 34.8. The van der Waals surface area contributed by atoms with E-state index in [2.05, 4.69) is 37.4 Å². The van der Waals surface area contributed by atoms with Crippen molar-refractivity contribution in [1.29, 1.82) is 0 Å². The molecule has 18 heavy (non-hydrogen) atoms. The van der Waals surface area contributed by atoms with Crippen LogP contribution in [0.4, 0.5) is 0 Å². The van der Waals surface area contributed by atoms with Crippen LogP contribution in [0.25, 0.3) is 0 Å². The Balaban J connectivity index is 1.81. The highest BCUT2D eigenvalue weighted by Crippen LogP contribution is 2.36. The highest BCUT2D eigenvalue weighted by molar-refractivity contribution is 5.32. The predicted octanol–water partition coefficient (Wildman–Crippen LogP) is 2.49. The van der Waals surface area contributed by atoms with Crippen molar-refractivity contribution < 1.29 is 5.11 Å². The van der Waals surface area contributed by atoms with Crippen LogP contribution in [0.1, 0.15) is 42.4 Å². The van der Waals surface area contributed by atoms with Crippen molar-refractivity contribution in [3.8, 4) is 0 Å². The van der Waals surface area contributed by atoms with Gasteiger partial charge in [0.05, 0.1) is 5.60 Å². The summed E-state index contributed by atoms with van der Waals surface area (Å²) in [6, 6.07) is 7.63. The van der Waals surface area contributed by atoms with Crippen LogP contribution in [-0.4, -0.2) is 22.8 Å². The number of hydrogen-bond acceptors (Lipinski definition) is 2. The molecule has 2 N–H and O–H groups in total. The molecule has 0 saturated carbocycles. The molecule has 1 aromatic carbocycles. The molecule has 0 aromatic heterocycles. The fraction of sp³-hybridized carbons (Fsp3) is 0.625. The highest BCUT2D eigenvalue weighted by atomic mass is 16.3. The number of piperidine rings is 1. The monoisotopic (exact) mass is 245 g/mol. The molecule has 2 heterocycles. The molecule has 0 aliphatic carbocycles. The largest absolute Gasteiger partial charge is 0.389 e. The lowest BCUT2D eigenvalue weighted by atomic mass is 9.81. The van der Waals surface area contributed by atoms with Crippen LogP contribution < -0.4 is 5.32 Å². The minimum Gasteiger partial charge on any atom is -0.389 e. The van der Waals surface area contributed by atoms with Gasteiger partial charge in [-0.25, -0.2) is 0 Å². The molecule has 0 spiro atoms. The van der Waals surface area contributed by atoms with Gasteiger partial charge in [0.15, 0.2) is 0 Å².